The van der Waals surface area contributed by atoms with Crippen molar-refractivity contribution >= 4 is 28.1 Å². The molecule has 1 aliphatic rings. The van der Waals surface area contributed by atoms with Gasteiger partial charge in [-0.05, 0) is 13.8 Å². The average Bonchev–Trinajstić information content (AvgIpc) is 2.97. The second-order valence-electron chi connectivity index (χ2n) is 4.89. The minimum Gasteiger partial charge on any atom is -0.383 e. The van der Waals surface area contributed by atoms with Gasteiger partial charge in [-0.15, -0.1) is 11.3 Å². The van der Waals surface area contributed by atoms with Crippen LogP contribution in [0.2, 0.25) is 0 Å². The van der Waals surface area contributed by atoms with Gasteiger partial charge in [0.05, 0.1) is 0 Å². The van der Waals surface area contributed by atoms with E-state index in [-0.39, 0.29) is 0 Å². The molecule has 7 heteroatoms. The third-order valence-electron chi connectivity index (χ3n) is 3.54. The number of anilines is 3. The lowest BCUT2D eigenvalue weighted by molar-refractivity contribution is 0.643. The molecular formula is C13H18N6S. The largest absolute Gasteiger partial charge is 0.383 e. The fourth-order valence-corrected chi connectivity index (χ4v) is 3.12. The summed E-state index contributed by atoms with van der Waals surface area (Å²) < 4.78 is 0. The lowest BCUT2D eigenvalue weighted by Crippen LogP contribution is -2.47. The van der Waals surface area contributed by atoms with Gasteiger partial charge in [-0.3, -0.25) is 0 Å². The SMILES string of the molecule is Cc1nc(N)c(C)c(N2CCN(c3nccs3)CC2)n1. The maximum absolute atomic E-state index is 5.94. The molecule has 6 nitrogen and oxygen atoms in total. The highest BCUT2D eigenvalue weighted by molar-refractivity contribution is 7.13. The molecular weight excluding hydrogens is 272 g/mol. The second-order valence-corrected chi connectivity index (χ2v) is 5.77. The molecule has 0 spiro atoms. The number of thiazole rings is 1. The first-order chi connectivity index (χ1) is 9.65. The van der Waals surface area contributed by atoms with E-state index in [1.165, 1.54) is 0 Å². The van der Waals surface area contributed by atoms with Gasteiger partial charge in [0, 0.05) is 43.3 Å². The molecule has 1 fully saturated rings. The van der Waals surface area contributed by atoms with Crippen molar-refractivity contribution < 1.29 is 0 Å². The van der Waals surface area contributed by atoms with Crippen LogP contribution in [-0.2, 0) is 0 Å². The maximum atomic E-state index is 5.94. The lowest BCUT2D eigenvalue weighted by Gasteiger charge is -2.36. The smallest absolute Gasteiger partial charge is 0.185 e. The predicted molar refractivity (Wildman–Crippen MR) is 82.5 cm³/mol. The van der Waals surface area contributed by atoms with E-state index in [0.717, 1.165) is 48.5 Å². The quantitative estimate of drug-likeness (QED) is 0.903. The Morgan fingerprint density at radius 2 is 1.80 bits per heavy atom. The van der Waals surface area contributed by atoms with Crippen LogP contribution in [0.3, 0.4) is 0 Å². The molecule has 0 amide bonds. The normalized spacial score (nSPS) is 15.7. The van der Waals surface area contributed by atoms with Crippen LogP contribution in [0.4, 0.5) is 16.8 Å². The monoisotopic (exact) mass is 290 g/mol. The van der Waals surface area contributed by atoms with Crippen molar-refractivity contribution in [3.8, 4) is 0 Å². The Labute approximate surface area is 122 Å². The Morgan fingerprint density at radius 1 is 1.10 bits per heavy atom. The molecule has 106 valence electrons. The number of aromatic nitrogens is 3. The molecule has 2 N–H and O–H groups in total. The summed E-state index contributed by atoms with van der Waals surface area (Å²) in [5.74, 6) is 2.27. The Bertz CT molecular complexity index is 589. The zero-order valence-electron chi connectivity index (χ0n) is 11.7. The van der Waals surface area contributed by atoms with Crippen molar-refractivity contribution in [2.45, 2.75) is 13.8 Å². The molecule has 1 aliphatic heterocycles. The van der Waals surface area contributed by atoms with Crippen LogP contribution in [0, 0.1) is 13.8 Å². The minimum atomic E-state index is 0.579. The van der Waals surface area contributed by atoms with Gasteiger partial charge in [0.1, 0.15) is 17.5 Å². The Hall–Kier alpha value is -1.89. The van der Waals surface area contributed by atoms with Crippen LogP contribution in [0.1, 0.15) is 11.4 Å². The van der Waals surface area contributed by atoms with Gasteiger partial charge in [0.15, 0.2) is 5.13 Å². The number of rotatable bonds is 2. The van der Waals surface area contributed by atoms with Gasteiger partial charge in [-0.2, -0.15) is 0 Å². The predicted octanol–water partition coefficient (Wildman–Crippen LogP) is 1.46. The highest BCUT2D eigenvalue weighted by Crippen LogP contribution is 2.25. The lowest BCUT2D eigenvalue weighted by atomic mass is 10.2. The molecule has 1 saturated heterocycles. The summed E-state index contributed by atoms with van der Waals surface area (Å²) in [7, 11) is 0. The van der Waals surface area contributed by atoms with Gasteiger partial charge in [0.25, 0.3) is 0 Å². The van der Waals surface area contributed by atoms with Crippen molar-refractivity contribution in [3.63, 3.8) is 0 Å². The summed E-state index contributed by atoms with van der Waals surface area (Å²) in [6, 6.07) is 0. The number of nitrogen functional groups attached to an aromatic ring is 1. The van der Waals surface area contributed by atoms with Crippen molar-refractivity contribution in [1.29, 1.82) is 0 Å². The van der Waals surface area contributed by atoms with Crippen LogP contribution < -0.4 is 15.5 Å². The van der Waals surface area contributed by atoms with E-state index in [1.807, 2.05) is 25.4 Å². The van der Waals surface area contributed by atoms with E-state index in [0.29, 0.717) is 5.82 Å². The van der Waals surface area contributed by atoms with E-state index in [1.54, 1.807) is 11.3 Å². The summed E-state index contributed by atoms with van der Waals surface area (Å²) in [5, 5.41) is 3.11. The van der Waals surface area contributed by atoms with E-state index in [4.69, 9.17) is 5.73 Å². The fourth-order valence-electron chi connectivity index (χ4n) is 2.42. The molecule has 0 atom stereocenters. The summed E-state index contributed by atoms with van der Waals surface area (Å²) in [4.78, 5) is 17.7. The van der Waals surface area contributed by atoms with Crippen molar-refractivity contribution in [2.24, 2.45) is 0 Å². The van der Waals surface area contributed by atoms with Gasteiger partial charge >= 0.3 is 0 Å². The van der Waals surface area contributed by atoms with Crippen molar-refractivity contribution in [1.82, 2.24) is 15.0 Å². The minimum absolute atomic E-state index is 0.579. The summed E-state index contributed by atoms with van der Waals surface area (Å²) in [6.07, 6.45) is 1.85. The molecule has 3 heterocycles. The number of aryl methyl sites for hydroxylation is 1. The second kappa shape index (κ2) is 5.24. The first-order valence-electron chi connectivity index (χ1n) is 6.65. The molecule has 2 aromatic rings. The average molecular weight is 290 g/mol. The van der Waals surface area contributed by atoms with Crippen molar-refractivity contribution in [2.75, 3.05) is 41.7 Å². The van der Waals surface area contributed by atoms with Gasteiger partial charge in [-0.25, -0.2) is 15.0 Å². The number of nitrogens with zero attached hydrogens (tertiary/aromatic N) is 5. The Kier molecular flexibility index (Phi) is 3.43. The van der Waals surface area contributed by atoms with E-state index < -0.39 is 0 Å². The van der Waals surface area contributed by atoms with Gasteiger partial charge < -0.3 is 15.5 Å². The topological polar surface area (TPSA) is 71.2 Å². The first kappa shape index (κ1) is 13.1. The van der Waals surface area contributed by atoms with Crippen LogP contribution in [0.5, 0.6) is 0 Å². The van der Waals surface area contributed by atoms with Gasteiger partial charge in [0.2, 0.25) is 0 Å². The number of nitrogens with two attached hydrogens (primary N) is 1. The summed E-state index contributed by atoms with van der Waals surface area (Å²) in [5.41, 5.74) is 6.91. The third kappa shape index (κ3) is 2.40. The van der Waals surface area contributed by atoms with Gasteiger partial charge in [-0.1, -0.05) is 0 Å². The molecule has 2 aromatic heterocycles. The third-order valence-corrected chi connectivity index (χ3v) is 4.37. The summed E-state index contributed by atoms with van der Waals surface area (Å²) >= 11 is 1.69. The molecule has 0 unspecified atom stereocenters. The van der Waals surface area contributed by atoms with E-state index >= 15 is 0 Å². The first-order valence-corrected chi connectivity index (χ1v) is 7.53. The molecule has 0 radical (unpaired) electrons. The highest BCUT2D eigenvalue weighted by Gasteiger charge is 2.22. The van der Waals surface area contributed by atoms with Crippen LogP contribution >= 0.6 is 11.3 Å². The van der Waals surface area contributed by atoms with Crippen molar-refractivity contribution in [3.05, 3.63) is 23.0 Å². The maximum Gasteiger partial charge on any atom is 0.185 e. The molecule has 0 aromatic carbocycles. The molecule has 3 rings (SSSR count). The molecule has 0 aliphatic carbocycles. The van der Waals surface area contributed by atoms with Crippen LogP contribution in [0.15, 0.2) is 11.6 Å². The zero-order chi connectivity index (χ0) is 14.1. The number of hydrogen-bond donors (Lipinski definition) is 1. The standard InChI is InChI=1S/C13H18N6S/c1-9-11(14)16-10(2)17-12(9)18-4-6-19(7-5-18)13-15-3-8-20-13/h3,8H,4-7H2,1-2H3,(H2,14,16,17). The molecule has 0 bridgehead atoms. The van der Waals surface area contributed by atoms with Crippen LogP contribution in [-0.4, -0.2) is 41.1 Å². The van der Waals surface area contributed by atoms with E-state index in [2.05, 4.69) is 24.8 Å². The number of hydrogen-bond acceptors (Lipinski definition) is 7. The summed E-state index contributed by atoms with van der Waals surface area (Å²) in [6.45, 7) is 7.63. The molecule has 0 saturated carbocycles. The van der Waals surface area contributed by atoms with Crippen LogP contribution in [0.25, 0.3) is 0 Å². The Morgan fingerprint density at radius 3 is 2.45 bits per heavy atom. The highest BCUT2D eigenvalue weighted by atomic mass is 32.1. The Balaban J connectivity index is 1.75. The number of piperazine rings is 1. The fraction of sp³-hybridized carbons (Fsp3) is 0.462. The zero-order valence-corrected chi connectivity index (χ0v) is 12.5. The molecule has 20 heavy (non-hydrogen) atoms. The van der Waals surface area contributed by atoms with E-state index in [9.17, 15) is 0 Å².